The van der Waals surface area contributed by atoms with Crippen molar-refractivity contribution >= 4 is 16.0 Å². The van der Waals surface area contributed by atoms with Gasteiger partial charge in [-0.05, 0) is 37.0 Å². The SMILES string of the molecule is CCc1ccc(S(N)(=O)=O)cc1C(=O)OC(C)C(C)C. The molecule has 0 bridgehead atoms. The number of sulfonamides is 1. The molecule has 0 aliphatic carbocycles. The smallest absolute Gasteiger partial charge is 0.338 e. The van der Waals surface area contributed by atoms with Crippen molar-refractivity contribution in [1.29, 1.82) is 0 Å². The zero-order valence-corrected chi connectivity index (χ0v) is 13.0. The molecule has 0 heterocycles. The van der Waals surface area contributed by atoms with Crippen LogP contribution in [0.1, 0.15) is 43.6 Å². The molecule has 1 aromatic rings. The fourth-order valence-electron chi connectivity index (χ4n) is 1.60. The molecule has 0 saturated carbocycles. The second kappa shape index (κ2) is 6.37. The van der Waals surface area contributed by atoms with Crippen LogP contribution in [-0.4, -0.2) is 20.5 Å². The Labute approximate surface area is 120 Å². The number of primary sulfonamides is 1. The standard InChI is InChI=1S/C14H21NO4S/c1-5-11-6-7-12(20(15,17)18)8-13(11)14(16)19-10(4)9(2)3/h6-10H,5H2,1-4H3,(H2,15,17,18). The van der Waals surface area contributed by atoms with E-state index in [2.05, 4.69) is 0 Å². The zero-order valence-electron chi connectivity index (χ0n) is 12.2. The zero-order chi connectivity index (χ0) is 15.5. The summed E-state index contributed by atoms with van der Waals surface area (Å²) in [5, 5.41) is 5.09. The Bertz CT molecular complexity index is 593. The lowest BCUT2D eigenvalue weighted by molar-refractivity contribution is 0.0236. The Balaban J connectivity index is 3.18. The van der Waals surface area contributed by atoms with Gasteiger partial charge < -0.3 is 4.74 Å². The first-order valence-corrected chi connectivity index (χ1v) is 8.08. The van der Waals surface area contributed by atoms with Crippen LogP contribution in [-0.2, 0) is 21.2 Å². The van der Waals surface area contributed by atoms with Crippen LogP contribution >= 0.6 is 0 Å². The molecule has 1 rings (SSSR count). The molecule has 5 nitrogen and oxygen atoms in total. The van der Waals surface area contributed by atoms with Crippen molar-refractivity contribution in [3.63, 3.8) is 0 Å². The van der Waals surface area contributed by atoms with Crippen LogP contribution in [0.5, 0.6) is 0 Å². The number of carbonyl (C=O) groups excluding carboxylic acids is 1. The third-order valence-electron chi connectivity index (χ3n) is 3.24. The van der Waals surface area contributed by atoms with Crippen molar-refractivity contribution in [2.75, 3.05) is 0 Å². The van der Waals surface area contributed by atoms with Gasteiger partial charge >= 0.3 is 5.97 Å². The molecular formula is C14H21NO4S. The first-order chi connectivity index (χ1) is 9.16. The van der Waals surface area contributed by atoms with Crippen LogP contribution in [0.2, 0.25) is 0 Å². The normalized spacial score (nSPS) is 13.3. The molecular weight excluding hydrogens is 278 g/mol. The molecule has 2 N–H and O–H groups in total. The summed E-state index contributed by atoms with van der Waals surface area (Å²) >= 11 is 0. The molecule has 20 heavy (non-hydrogen) atoms. The summed E-state index contributed by atoms with van der Waals surface area (Å²) in [5.41, 5.74) is 0.991. The van der Waals surface area contributed by atoms with Crippen LogP contribution in [0.25, 0.3) is 0 Å². The monoisotopic (exact) mass is 299 g/mol. The highest BCUT2D eigenvalue weighted by atomic mass is 32.2. The van der Waals surface area contributed by atoms with Crippen LogP contribution in [0, 0.1) is 5.92 Å². The van der Waals surface area contributed by atoms with Crippen molar-refractivity contribution in [2.45, 2.75) is 45.1 Å². The molecule has 0 saturated heterocycles. The van der Waals surface area contributed by atoms with Gasteiger partial charge in [-0.25, -0.2) is 18.4 Å². The first kappa shape index (κ1) is 16.7. The Kier molecular flexibility index (Phi) is 5.30. The number of esters is 1. The summed E-state index contributed by atoms with van der Waals surface area (Å²) in [4.78, 5) is 12.1. The van der Waals surface area contributed by atoms with E-state index in [1.807, 2.05) is 20.8 Å². The number of ether oxygens (including phenoxy) is 1. The Morgan fingerprint density at radius 2 is 1.90 bits per heavy atom. The van der Waals surface area contributed by atoms with Crippen LogP contribution in [0.4, 0.5) is 0 Å². The minimum atomic E-state index is -3.84. The molecule has 0 aliphatic heterocycles. The van der Waals surface area contributed by atoms with Crippen LogP contribution in [0.3, 0.4) is 0 Å². The maximum atomic E-state index is 12.2. The van der Waals surface area contributed by atoms with E-state index in [1.54, 1.807) is 13.0 Å². The van der Waals surface area contributed by atoms with E-state index >= 15 is 0 Å². The lowest BCUT2D eigenvalue weighted by Gasteiger charge is -2.18. The second-order valence-corrected chi connectivity index (χ2v) is 6.63. The predicted octanol–water partition coefficient (Wildman–Crippen LogP) is 2.10. The van der Waals surface area contributed by atoms with Gasteiger partial charge in [-0.2, -0.15) is 0 Å². The third kappa shape index (κ3) is 4.05. The molecule has 0 aliphatic rings. The van der Waals surface area contributed by atoms with E-state index in [1.165, 1.54) is 12.1 Å². The summed E-state index contributed by atoms with van der Waals surface area (Å²) in [7, 11) is -3.84. The van der Waals surface area contributed by atoms with E-state index < -0.39 is 16.0 Å². The largest absolute Gasteiger partial charge is 0.459 e. The number of nitrogens with two attached hydrogens (primary N) is 1. The number of benzene rings is 1. The topological polar surface area (TPSA) is 86.5 Å². The highest BCUT2D eigenvalue weighted by Crippen LogP contribution is 2.18. The van der Waals surface area contributed by atoms with Crippen molar-refractivity contribution in [3.05, 3.63) is 29.3 Å². The van der Waals surface area contributed by atoms with Gasteiger partial charge in [0.05, 0.1) is 10.5 Å². The van der Waals surface area contributed by atoms with Gasteiger partial charge in [0, 0.05) is 0 Å². The quantitative estimate of drug-likeness (QED) is 0.843. The molecule has 1 unspecified atom stereocenters. The molecule has 112 valence electrons. The minimum Gasteiger partial charge on any atom is -0.459 e. The number of carbonyl (C=O) groups is 1. The van der Waals surface area contributed by atoms with E-state index in [0.29, 0.717) is 6.42 Å². The Hall–Kier alpha value is -1.40. The lowest BCUT2D eigenvalue weighted by Crippen LogP contribution is -2.21. The maximum absolute atomic E-state index is 12.2. The van der Waals surface area contributed by atoms with Crippen molar-refractivity contribution in [3.8, 4) is 0 Å². The number of rotatable bonds is 5. The highest BCUT2D eigenvalue weighted by molar-refractivity contribution is 7.89. The molecule has 0 amide bonds. The Morgan fingerprint density at radius 1 is 1.30 bits per heavy atom. The van der Waals surface area contributed by atoms with Gasteiger partial charge in [0.15, 0.2) is 0 Å². The van der Waals surface area contributed by atoms with E-state index in [-0.39, 0.29) is 22.5 Å². The lowest BCUT2D eigenvalue weighted by atomic mass is 10.0. The molecule has 1 atom stereocenters. The summed E-state index contributed by atoms with van der Waals surface area (Å²) in [5.74, 6) is -0.334. The van der Waals surface area contributed by atoms with Crippen LogP contribution in [0.15, 0.2) is 23.1 Å². The average molecular weight is 299 g/mol. The summed E-state index contributed by atoms with van der Waals surface area (Å²) in [6.07, 6.45) is 0.358. The van der Waals surface area contributed by atoms with Gasteiger partial charge in [0.1, 0.15) is 6.10 Å². The fraction of sp³-hybridized carbons (Fsp3) is 0.500. The van der Waals surface area contributed by atoms with Gasteiger partial charge in [0.2, 0.25) is 10.0 Å². The fourth-order valence-corrected chi connectivity index (χ4v) is 2.14. The highest BCUT2D eigenvalue weighted by Gasteiger charge is 2.20. The van der Waals surface area contributed by atoms with E-state index in [4.69, 9.17) is 9.88 Å². The van der Waals surface area contributed by atoms with Crippen molar-refractivity contribution in [1.82, 2.24) is 0 Å². The number of aryl methyl sites for hydroxylation is 1. The van der Waals surface area contributed by atoms with E-state index in [9.17, 15) is 13.2 Å². The van der Waals surface area contributed by atoms with Gasteiger partial charge in [0.25, 0.3) is 0 Å². The number of hydrogen-bond acceptors (Lipinski definition) is 4. The van der Waals surface area contributed by atoms with Gasteiger partial charge in [-0.1, -0.05) is 26.8 Å². The maximum Gasteiger partial charge on any atom is 0.338 e. The van der Waals surface area contributed by atoms with Crippen molar-refractivity contribution in [2.24, 2.45) is 11.1 Å². The summed E-state index contributed by atoms with van der Waals surface area (Å²) < 4.78 is 28.1. The molecule has 0 radical (unpaired) electrons. The first-order valence-electron chi connectivity index (χ1n) is 6.53. The third-order valence-corrected chi connectivity index (χ3v) is 4.15. The molecule has 1 aromatic carbocycles. The number of hydrogen-bond donors (Lipinski definition) is 1. The van der Waals surface area contributed by atoms with Gasteiger partial charge in [-0.15, -0.1) is 0 Å². The van der Waals surface area contributed by atoms with Gasteiger partial charge in [-0.3, -0.25) is 0 Å². The minimum absolute atomic E-state index is 0.0844. The van der Waals surface area contributed by atoms with E-state index in [0.717, 1.165) is 5.56 Å². The molecule has 6 heteroatoms. The molecule has 0 spiro atoms. The molecule has 0 aromatic heterocycles. The second-order valence-electron chi connectivity index (χ2n) is 5.07. The molecule has 0 fully saturated rings. The summed E-state index contributed by atoms with van der Waals surface area (Å²) in [6, 6.07) is 4.27. The van der Waals surface area contributed by atoms with Crippen LogP contribution < -0.4 is 5.14 Å². The van der Waals surface area contributed by atoms with Crippen molar-refractivity contribution < 1.29 is 17.9 Å². The predicted molar refractivity (Wildman–Crippen MR) is 76.9 cm³/mol. The summed E-state index contributed by atoms with van der Waals surface area (Å²) in [6.45, 7) is 7.57. The Morgan fingerprint density at radius 3 is 2.35 bits per heavy atom. The average Bonchev–Trinajstić information content (AvgIpc) is 2.36.